The second-order valence-corrected chi connectivity index (χ2v) is 5.27. The van der Waals surface area contributed by atoms with Crippen molar-refractivity contribution in [1.82, 2.24) is 5.32 Å². The molecule has 2 fully saturated rings. The molecule has 0 radical (unpaired) electrons. The lowest BCUT2D eigenvalue weighted by Gasteiger charge is -2.32. The predicted octanol–water partition coefficient (Wildman–Crippen LogP) is 2.15. The summed E-state index contributed by atoms with van der Waals surface area (Å²) in [6.07, 6.45) is 3.09. The molecule has 1 aromatic rings. The van der Waals surface area contributed by atoms with Gasteiger partial charge in [-0.15, -0.1) is 0 Å². The van der Waals surface area contributed by atoms with Crippen LogP contribution >= 0.6 is 0 Å². The van der Waals surface area contributed by atoms with E-state index < -0.39 is 0 Å². The molecule has 0 amide bonds. The maximum absolute atomic E-state index is 13.6. The second-order valence-electron chi connectivity index (χ2n) is 5.27. The zero-order valence-corrected chi connectivity index (χ0v) is 10.4. The highest BCUT2D eigenvalue weighted by atomic mass is 19.1. The first-order chi connectivity index (χ1) is 8.77. The van der Waals surface area contributed by atoms with Crippen LogP contribution in [0.4, 0.5) is 10.1 Å². The van der Waals surface area contributed by atoms with Crippen molar-refractivity contribution in [2.24, 2.45) is 0 Å². The fraction of sp³-hybridized carbons (Fsp3) is 0.571. The van der Waals surface area contributed by atoms with Crippen LogP contribution in [0.5, 0.6) is 0 Å². The van der Waals surface area contributed by atoms with Crippen LogP contribution < -0.4 is 10.6 Å². The summed E-state index contributed by atoms with van der Waals surface area (Å²) in [5, 5.41) is 6.61. The van der Waals surface area contributed by atoms with E-state index in [-0.39, 0.29) is 17.5 Å². The van der Waals surface area contributed by atoms with Gasteiger partial charge in [0.15, 0.2) is 0 Å². The van der Waals surface area contributed by atoms with Crippen molar-refractivity contribution in [2.75, 3.05) is 25.0 Å². The molecule has 98 valence electrons. The third-order valence-electron chi connectivity index (χ3n) is 3.96. The van der Waals surface area contributed by atoms with Gasteiger partial charge in [0.05, 0.1) is 23.9 Å². The summed E-state index contributed by atoms with van der Waals surface area (Å²) in [6, 6.07) is 7.04. The summed E-state index contributed by atoms with van der Waals surface area (Å²) in [6.45, 7) is 2.72. The lowest BCUT2D eigenvalue weighted by molar-refractivity contribution is -0.0192. The van der Waals surface area contributed by atoms with E-state index in [1.54, 1.807) is 12.1 Å². The molecule has 0 aliphatic carbocycles. The molecule has 3 rings (SSSR count). The van der Waals surface area contributed by atoms with Crippen molar-refractivity contribution < 1.29 is 9.13 Å². The number of rotatable bonds is 2. The highest BCUT2D eigenvalue weighted by molar-refractivity contribution is 5.45. The molecule has 0 aromatic heterocycles. The Bertz CT molecular complexity index is 418. The van der Waals surface area contributed by atoms with Gasteiger partial charge in [0.1, 0.15) is 5.82 Å². The van der Waals surface area contributed by atoms with Crippen LogP contribution in [0.25, 0.3) is 0 Å². The van der Waals surface area contributed by atoms with Gasteiger partial charge in [0.2, 0.25) is 0 Å². The van der Waals surface area contributed by atoms with E-state index in [2.05, 4.69) is 10.6 Å². The minimum Gasteiger partial charge on any atom is -0.378 e. The first kappa shape index (κ1) is 11.9. The Morgan fingerprint density at radius 1 is 1.28 bits per heavy atom. The molecule has 2 aliphatic rings. The number of ether oxygens (including phenoxy) is 1. The molecule has 1 spiro atoms. The van der Waals surface area contributed by atoms with Crippen LogP contribution in [0.3, 0.4) is 0 Å². The van der Waals surface area contributed by atoms with Gasteiger partial charge in [-0.3, -0.25) is 0 Å². The second kappa shape index (κ2) is 4.86. The largest absolute Gasteiger partial charge is 0.378 e. The van der Waals surface area contributed by atoms with Crippen molar-refractivity contribution in [3.05, 3.63) is 30.1 Å². The van der Waals surface area contributed by atoms with Gasteiger partial charge in [-0.05, 0) is 44.5 Å². The molecule has 2 saturated heterocycles. The van der Waals surface area contributed by atoms with Crippen molar-refractivity contribution in [3.8, 4) is 0 Å². The van der Waals surface area contributed by atoms with E-state index in [0.717, 1.165) is 32.4 Å². The van der Waals surface area contributed by atoms with Crippen LogP contribution in [0.15, 0.2) is 24.3 Å². The average Bonchev–Trinajstić information content (AvgIpc) is 2.76. The van der Waals surface area contributed by atoms with Crippen LogP contribution in [0, 0.1) is 5.82 Å². The minimum absolute atomic E-state index is 0.0220. The molecule has 1 atom stereocenters. The zero-order valence-electron chi connectivity index (χ0n) is 10.4. The molecule has 0 bridgehead atoms. The summed E-state index contributed by atoms with van der Waals surface area (Å²) in [4.78, 5) is 0. The number of para-hydroxylation sites is 1. The SMILES string of the molecule is Fc1ccccc1N[C@@H]1COC2(CCNCC2)C1. The molecule has 1 aromatic carbocycles. The van der Waals surface area contributed by atoms with Gasteiger partial charge >= 0.3 is 0 Å². The van der Waals surface area contributed by atoms with E-state index in [1.165, 1.54) is 6.07 Å². The fourth-order valence-corrected chi connectivity index (χ4v) is 2.97. The van der Waals surface area contributed by atoms with E-state index in [1.807, 2.05) is 6.07 Å². The van der Waals surface area contributed by atoms with E-state index in [0.29, 0.717) is 12.3 Å². The topological polar surface area (TPSA) is 33.3 Å². The molecule has 4 heteroatoms. The average molecular weight is 250 g/mol. The number of halogens is 1. The molecule has 3 nitrogen and oxygen atoms in total. The van der Waals surface area contributed by atoms with Gasteiger partial charge in [-0.25, -0.2) is 4.39 Å². The predicted molar refractivity (Wildman–Crippen MR) is 69.2 cm³/mol. The molecule has 2 N–H and O–H groups in total. The molecule has 0 saturated carbocycles. The van der Waals surface area contributed by atoms with Gasteiger partial charge in [-0.2, -0.15) is 0 Å². The Kier molecular flexibility index (Phi) is 3.22. The lowest BCUT2D eigenvalue weighted by Crippen LogP contribution is -2.41. The maximum atomic E-state index is 13.6. The van der Waals surface area contributed by atoms with Gasteiger partial charge in [-0.1, -0.05) is 12.1 Å². The Hall–Kier alpha value is -1.13. The summed E-state index contributed by atoms with van der Waals surface area (Å²) in [7, 11) is 0. The van der Waals surface area contributed by atoms with Crippen LogP contribution in [0.2, 0.25) is 0 Å². The number of benzene rings is 1. The summed E-state index contributed by atoms with van der Waals surface area (Å²) in [5.74, 6) is -0.191. The van der Waals surface area contributed by atoms with Crippen LogP contribution in [-0.4, -0.2) is 31.3 Å². The summed E-state index contributed by atoms with van der Waals surface area (Å²) < 4.78 is 19.5. The molecule has 0 unspecified atom stereocenters. The molecular formula is C14H19FN2O. The number of hydrogen-bond acceptors (Lipinski definition) is 3. The maximum Gasteiger partial charge on any atom is 0.146 e. The standard InChI is InChI=1S/C14H19FN2O/c15-12-3-1-2-4-13(12)17-11-9-14(18-10-11)5-7-16-8-6-14/h1-4,11,16-17H,5-10H2/t11-/m0/s1. The van der Waals surface area contributed by atoms with Gasteiger partial charge in [0, 0.05) is 0 Å². The van der Waals surface area contributed by atoms with E-state index in [9.17, 15) is 4.39 Å². The fourth-order valence-electron chi connectivity index (χ4n) is 2.97. The van der Waals surface area contributed by atoms with Crippen molar-refractivity contribution in [1.29, 1.82) is 0 Å². The van der Waals surface area contributed by atoms with E-state index in [4.69, 9.17) is 4.74 Å². The van der Waals surface area contributed by atoms with E-state index >= 15 is 0 Å². The van der Waals surface area contributed by atoms with Crippen LogP contribution in [0.1, 0.15) is 19.3 Å². The number of hydrogen-bond donors (Lipinski definition) is 2. The number of nitrogens with one attached hydrogen (secondary N) is 2. The Morgan fingerprint density at radius 3 is 2.83 bits per heavy atom. The smallest absolute Gasteiger partial charge is 0.146 e. The molecule has 2 aliphatic heterocycles. The van der Waals surface area contributed by atoms with Crippen LogP contribution in [-0.2, 0) is 4.74 Å². The Morgan fingerprint density at radius 2 is 2.06 bits per heavy atom. The highest BCUT2D eigenvalue weighted by Gasteiger charge is 2.41. The molecule has 18 heavy (non-hydrogen) atoms. The third kappa shape index (κ3) is 2.35. The lowest BCUT2D eigenvalue weighted by atomic mass is 9.88. The highest BCUT2D eigenvalue weighted by Crippen LogP contribution is 2.35. The normalized spacial score (nSPS) is 26.4. The first-order valence-corrected chi connectivity index (χ1v) is 6.63. The quantitative estimate of drug-likeness (QED) is 0.843. The number of anilines is 1. The van der Waals surface area contributed by atoms with Crippen molar-refractivity contribution >= 4 is 5.69 Å². The Labute approximate surface area is 107 Å². The summed E-state index contributed by atoms with van der Waals surface area (Å²) >= 11 is 0. The minimum atomic E-state index is -0.191. The molecular weight excluding hydrogens is 231 g/mol. The van der Waals surface area contributed by atoms with Gasteiger partial charge in [0.25, 0.3) is 0 Å². The first-order valence-electron chi connectivity index (χ1n) is 6.63. The third-order valence-corrected chi connectivity index (χ3v) is 3.96. The molecule has 2 heterocycles. The Balaban J connectivity index is 1.64. The zero-order chi connectivity index (χ0) is 12.4. The van der Waals surface area contributed by atoms with Crippen molar-refractivity contribution in [3.63, 3.8) is 0 Å². The van der Waals surface area contributed by atoms with Crippen molar-refractivity contribution in [2.45, 2.75) is 30.9 Å². The monoisotopic (exact) mass is 250 g/mol. The van der Waals surface area contributed by atoms with Gasteiger partial charge < -0.3 is 15.4 Å². The summed E-state index contributed by atoms with van der Waals surface area (Å²) in [5.41, 5.74) is 0.603. The number of piperidine rings is 1.